The quantitative estimate of drug-likeness (QED) is 0.810. The van der Waals surface area contributed by atoms with Gasteiger partial charge in [-0.3, -0.25) is 4.79 Å². The van der Waals surface area contributed by atoms with E-state index in [-0.39, 0.29) is 5.91 Å². The lowest BCUT2D eigenvalue weighted by Crippen LogP contribution is -2.25. The lowest BCUT2D eigenvalue weighted by atomic mass is 10.1. The molecule has 1 amide bonds. The average molecular weight is 285 g/mol. The highest BCUT2D eigenvalue weighted by atomic mass is 32.1. The van der Waals surface area contributed by atoms with Gasteiger partial charge in [0.2, 0.25) is 5.91 Å². The summed E-state index contributed by atoms with van der Waals surface area (Å²) >= 11 is 4.23. The first-order valence-electron chi connectivity index (χ1n) is 6.80. The smallest absolute Gasteiger partial charge is 0.224 e. The standard InChI is InChI=1S/C17H19NOS/c1-2-14-5-3-4-6-15(14)12-18-17(19)11-13-7-9-16(20)10-8-13/h3-10,20H,2,11-12H2,1H3,(H,18,19). The van der Waals surface area contributed by atoms with Gasteiger partial charge < -0.3 is 5.32 Å². The number of carbonyl (C=O) groups excluding carboxylic acids is 1. The van der Waals surface area contributed by atoms with Crippen LogP contribution < -0.4 is 5.32 Å². The molecular formula is C17H19NOS. The number of thiol groups is 1. The van der Waals surface area contributed by atoms with E-state index in [9.17, 15) is 4.79 Å². The van der Waals surface area contributed by atoms with Gasteiger partial charge in [-0.25, -0.2) is 0 Å². The van der Waals surface area contributed by atoms with Crippen molar-refractivity contribution < 1.29 is 4.79 Å². The summed E-state index contributed by atoms with van der Waals surface area (Å²) in [5, 5.41) is 2.98. The molecule has 0 aromatic heterocycles. The van der Waals surface area contributed by atoms with Gasteiger partial charge in [0, 0.05) is 11.4 Å². The number of nitrogens with one attached hydrogen (secondary N) is 1. The fourth-order valence-electron chi connectivity index (χ4n) is 2.13. The Hall–Kier alpha value is -1.74. The van der Waals surface area contributed by atoms with E-state index < -0.39 is 0 Å². The van der Waals surface area contributed by atoms with Crippen LogP contribution in [0.1, 0.15) is 23.6 Å². The third-order valence-electron chi connectivity index (χ3n) is 3.28. The van der Waals surface area contributed by atoms with Crippen molar-refractivity contribution in [2.75, 3.05) is 0 Å². The van der Waals surface area contributed by atoms with E-state index in [2.05, 4.69) is 37.0 Å². The van der Waals surface area contributed by atoms with Crippen LogP contribution in [0.5, 0.6) is 0 Å². The van der Waals surface area contributed by atoms with Gasteiger partial charge in [0.25, 0.3) is 0 Å². The minimum absolute atomic E-state index is 0.0443. The highest BCUT2D eigenvalue weighted by molar-refractivity contribution is 7.80. The number of amides is 1. The Morgan fingerprint density at radius 2 is 1.70 bits per heavy atom. The monoisotopic (exact) mass is 285 g/mol. The van der Waals surface area contributed by atoms with Crippen molar-refractivity contribution in [2.45, 2.75) is 31.2 Å². The van der Waals surface area contributed by atoms with Gasteiger partial charge >= 0.3 is 0 Å². The van der Waals surface area contributed by atoms with Crippen LogP contribution in [0.15, 0.2) is 53.4 Å². The Bertz CT molecular complexity index is 578. The molecule has 20 heavy (non-hydrogen) atoms. The second kappa shape index (κ2) is 7.15. The van der Waals surface area contributed by atoms with Gasteiger partial charge in [-0.05, 0) is 35.2 Å². The summed E-state index contributed by atoms with van der Waals surface area (Å²) in [4.78, 5) is 12.8. The fourth-order valence-corrected chi connectivity index (χ4v) is 2.28. The summed E-state index contributed by atoms with van der Waals surface area (Å²) < 4.78 is 0. The summed E-state index contributed by atoms with van der Waals surface area (Å²) in [5.41, 5.74) is 3.48. The van der Waals surface area contributed by atoms with E-state index in [0.29, 0.717) is 13.0 Å². The first-order chi connectivity index (χ1) is 9.69. The van der Waals surface area contributed by atoms with Gasteiger partial charge in [-0.15, -0.1) is 12.6 Å². The molecular weight excluding hydrogens is 266 g/mol. The maximum atomic E-state index is 11.9. The Labute approximate surface area is 125 Å². The van der Waals surface area contributed by atoms with E-state index in [0.717, 1.165) is 16.9 Å². The Balaban J connectivity index is 1.90. The molecule has 0 atom stereocenters. The Morgan fingerprint density at radius 3 is 2.35 bits per heavy atom. The predicted molar refractivity (Wildman–Crippen MR) is 85.1 cm³/mol. The largest absolute Gasteiger partial charge is 0.352 e. The van der Waals surface area contributed by atoms with Gasteiger partial charge in [-0.2, -0.15) is 0 Å². The van der Waals surface area contributed by atoms with Crippen molar-refractivity contribution in [1.82, 2.24) is 5.32 Å². The molecule has 0 fully saturated rings. The number of hydrogen-bond acceptors (Lipinski definition) is 2. The molecule has 0 aliphatic carbocycles. The van der Waals surface area contributed by atoms with Gasteiger partial charge in [-0.1, -0.05) is 43.3 Å². The molecule has 0 aliphatic heterocycles. The normalized spacial score (nSPS) is 10.3. The summed E-state index contributed by atoms with van der Waals surface area (Å²) in [6.45, 7) is 2.72. The third-order valence-corrected chi connectivity index (χ3v) is 3.57. The van der Waals surface area contributed by atoms with E-state index >= 15 is 0 Å². The third kappa shape index (κ3) is 4.14. The van der Waals surface area contributed by atoms with Crippen molar-refractivity contribution >= 4 is 18.5 Å². The molecule has 2 aromatic rings. The molecule has 3 heteroatoms. The Morgan fingerprint density at radius 1 is 1.05 bits per heavy atom. The van der Waals surface area contributed by atoms with Crippen molar-refractivity contribution in [2.24, 2.45) is 0 Å². The van der Waals surface area contributed by atoms with Crippen LogP contribution in [0.2, 0.25) is 0 Å². The van der Waals surface area contributed by atoms with Crippen LogP contribution in [0, 0.1) is 0 Å². The number of aryl methyl sites for hydroxylation is 1. The molecule has 0 bridgehead atoms. The van der Waals surface area contributed by atoms with E-state index in [4.69, 9.17) is 0 Å². The zero-order valence-electron chi connectivity index (χ0n) is 11.6. The topological polar surface area (TPSA) is 29.1 Å². The molecule has 2 nitrogen and oxygen atoms in total. The van der Waals surface area contributed by atoms with Crippen LogP contribution in [-0.2, 0) is 24.2 Å². The van der Waals surface area contributed by atoms with Crippen molar-refractivity contribution in [3.8, 4) is 0 Å². The highest BCUT2D eigenvalue weighted by Gasteiger charge is 2.05. The van der Waals surface area contributed by atoms with Crippen molar-refractivity contribution in [3.63, 3.8) is 0 Å². The molecule has 0 unspecified atom stereocenters. The van der Waals surface area contributed by atoms with E-state index in [1.54, 1.807) is 0 Å². The summed E-state index contributed by atoms with van der Waals surface area (Å²) in [5.74, 6) is 0.0443. The van der Waals surface area contributed by atoms with Gasteiger partial charge in [0.1, 0.15) is 0 Å². The molecule has 2 rings (SSSR count). The summed E-state index contributed by atoms with van der Waals surface area (Å²) in [7, 11) is 0. The molecule has 1 N–H and O–H groups in total. The molecule has 0 saturated carbocycles. The Kier molecular flexibility index (Phi) is 5.24. The average Bonchev–Trinajstić information content (AvgIpc) is 2.48. The lowest BCUT2D eigenvalue weighted by molar-refractivity contribution is -0.120. The zero-order valence-corrected chi connectivity index (χ0v) is 12.5. The number of hydrogen-bond donors (Lipinski definition) is 2. The first kappa shape index (κ1) is 14.7. The van der Waals surface area contributed by atoms with Crippen LogP contribution in [0.4, 0.5) is 0 Å². The highest BCUT2D eigenvalue weighted by Crippen LogP contribution is 2.10. The lowest BCUT2D eigenvalue weighted by Gasteiger charge is -2.09. The van der Waals surface area contributed by atoms with Gasteiger partial charge in [0.05, 0.1) is 6.42 Å². The van der Waals surface area contributed by atoms with Crippen LogP contribution in [-0.4, -0.2) is 5.91 Å². The van der Waals surface area contributed by atoms with Gasteiger partial charge in [0.15, 0.2) is 0 Å². The second-order valence-electron chi connectivity index (χ2n) is 4.74. The minimum Gasteiger partial charge on any atom is -0.352 e. The molecule has 0 radical (unpaired) electrons. The molecule has 104 valence electrons. The number of benzene rings is 2. The van der Waals surface area contributed by atoms with Crippen molar-refractivity contribution in [3.05, 3.63) is 65.2 Å². The minimum atomic E-state index is 0.0443. The molecule has 2 aromatic carbocycles. The van der Waals surface area contributed by atoms with Crippen LogP contribution in [0.3, 0.4) is 0 Å². The predicted octanol–water partition coefficient (Wildman–Crippen LogP) is 3.40. The molecule has 0 heterocycles. The maximum Gasteiger partial charge on any atom is 0.224 e. The fraction of sp³-hybridized carbons (Fsp3) is 0.235. The zero-order chi connectivity index (χ0) is 14.4. The number of rotatable bonds is 5. The van der Waals surface area contributed by atoms with Crippen LogP contribution >= 0.6 is 12.6 Å². The first-order valence-corrected chi connectivity index (χ1v) is 7.25. The number of carbonyl (C=O) groups is 1. The second-order valence-corrected chi connectivity index (χ2v) is 5.26. The molecule has 0 spiro atoms. The van der Waals surface area contributed by atoms with Crippen LogP contribution in [0.25, 0.3) is 0 Å². The summed E-state index contributed by atoms with van der Waals surface area (Å²) in [6, 6.07) is 15.9. The van der Waals surface area contributed by atoms with Crippen molar-refractivity contribution in [1.29, 1.82) is 0 Å². The van der Waals surface area contributed by atoms with E-state index in [1.165, 1.54) is 11.1 Å². The summed E-state index contributed by atoms with van der Waals surface area (Å²) in [6.07, 6.45) is 1.39. The molecule has 0 aliphatic rings. The molecule has 0 saturated heterocycles. The van der Waals surface area contributed by atoms with E-state index in [1.807, 2.05) is 36.4 Å². The maximum absolute atomic E-state index is 11.9. The SMILES string of the molecule is CCc1ccccc1CNC(=O)Cc1ccc(S)cc1.